The summed E-state index contributed by atoms with van der Waals surface area (Å²) < 4.78 is 0.650. The van der Waals surface area contributed by atoms with Gasteiger partial charge in [0.1, 0.15) is 0 Å². The molecule has 4 aliphatic rings. The lowest BCUT2D eigenvalue weighted by atomic mass is 9.64. The van der Waals surface area contributed by atoms with Crippen LogP contribution in [0.2, 0.25) is 0 Å². The van der Waals surface area contributed by atoms with E-state index in [0.29, 0.717) is 9.49 Å². The number of benzene rings is 6. The Hall–Kier alpha value is -2.94. The fourth-order valence-electron chi connectivity index (χ4n) is 10.2. The lowest BCUT2D eigenvalue weighted by molar-refractivity contribution is 0.260. The first-order chi connectivity index (χ1) is 22.2. The Bertz CT molecular complexity index is 2020. The molecule has 4 atom stereocenters. The van der Waals surface area contributed by atoms with Crippen LogP contribution in [0.25, 0.3) is 54.6 Å². The molecule has 0 spiro atoms. The van der Waals surface area contributed by atoms with Gasteiger partial charge in [-0.15, -0.1) is 23.5 Å². The zero-order valence-electron chi connectivity index (χ0n) is 27.6. The van der Waals surface area contributed by atoms with Crippen LogP contribution in [0.3, 0.4) is 0 Å². The lowest BCUT2D eigenvalue weighted by Gasteiger charge is -2.45. The second kappa shape index (κ2) is 9.36. The van der Waals surface area contributed by atoms with Crippen LogP contribution in [-0.4, -0.2) is 9.49 Å². The van der Waals surface area contributed by atoms with E-state index in [1.165, 1.54) is 116 Å². The molecule has 4 unspecified atom stereocenters. The van der Waals surface area contributed by atoms with Crippen molar-refractivity contribution in [2.45, 2.75) is 109 Å². The maximum atomic E-state index is 2.55. The predicted molar refractivity (Wildman–Crippen MR) is 201 cm³/mol. The van der Waals surface area contributed by atoms with Crippen LogP contribution in [0.4, 0.5) is 0 Å². The quantitative estimate of drug-likeness (QED) is 0.174. The van der Waals surface area contributed by atoms with Crippen molar-refractivity contribution in [3.05, 3.63) is 96.1 Å². The Kier molecular flexibility index (Phi) is 5.72. The molecule has 6 aromatic carbocycles. The molecule has 0 nitrogen and oxygen atoms in total. The van der Waals surface area contributed by atoms with Gasteiger partial charge in [-0.1, -0.05) is 75.9 Å². The van der Waals surface area contributed by atoms with Crippen LogP contribution >= 0.6 is 23.5 Å². The first-order valence-electron chi connectivity index (χ1n) is 17.6. The van der Waals surface area contributed by atoms with E-state index in [4.69, 9.17) is 0 Å². The number of thioether (sulfide) groups is 2. The third-order valence-corrected chi connectivity index (χ3v) is 16.9. The van der Waals surface area contributed by atoms with Gasteiger partial charge in [0.05, 0.1) is 0 Å². The standard InChI is InChI=1S/C44H42S2/c1-41-17-5-7-19-43(41,3)45-37-15-13-27(25-35(37)41)33-21-29-9-11-31-23-34(24-32-12-10-30(22-33)39(29)40(31)32)28-14-16-38-36(26-28)42(2)18-6-8-20-44(42,4)46-38/h9-16,21-26H,5-8,17-20H2,1-4H3. The van der Waals surface area contributed by atoms with Gasteiger partial charge in [0.15, 0.2) is 0 Å². The number of rotatable bonds is 2. The smallest absolute Gasteiger partial charge is 0.0273 e. The summed E-state index contributed by atoms with van der Waals surface area (Å²) in [6.07, 6.45) is 10.7. The molecule has 2 aliphatic carbocycles. The molecule has 0 radical (unpaired) electrons. The highest BCUT2D eigenvalue weighted by Gasteiger charge is 2.54. The van der Waals surface area contributed by atoms with Gasteiger partial charge >= 0.3 is 0 Å². The second-order valence-electron chi connectivity index (χ2n) is 15.9. The predicted octanol–water partition coefficient (Wildman–Crippen LogP) is 13.3. The molecule has 2 saturated carbocycles. The highest BCUT2D eigenvalue weighted by atomic mass is 32.2. The van der Waals surface area contributed by atoms with Gasteiger partial charge in [-0.2, -0.15) is 0 Å². The Balaban J connectivity index is 1.07. The molecular weight excluding hydrogens is 593 g/mol. The zero-order chi connectivity index (χ0) is 31.1. The van der Waals surface area contributed by atoms with Crippen molar-refractivity contribution >= 4 is 55.8 Å². The zero-order valence-corrected chi connectivity index (χ0v) is 29.2. The van der Waals surface area contributed by atoms with Gasteiger partial charge in [-0.05, 0) is 154 Å². The fraction of sp³-hybridized carbons (Fsp3) is 0.364. The van der Waals surface area contributed by atoms with Crippen molar-refractivity contribution in [3.8, 4) is 22.3 Å². The topological polar surface area (TPSA) is 0 Å². The van der Waals surface area contributed by atoms with Crippen LogP contribution in [0.15, 0.2) is 94.7 Å². The SMILES string of the molecule is CC12CCCCC1(C)c1cc(-c3cc4ccc5cc(-c6ccc7c(c6)C6(C)CCCCC6(C)S7)cc6ccc(c3)c4c56)ccc1S2. The van der Waals surface area contributed by atoms with E-state index < -0.39 is 0 Å². The third-order valence-electron chi connectivity index (χ3n) is 13.5. The molecule has 2 heterocycles. The number of hydrogen-bond acceptors (Lipinski definition) is 2. The highest BCUT2D eigenvalue weighted by molar-refractivity contribution is 8.01. The van der Waals surface area contributed by atoms with Crippen LogP contribution in [-0.2, 0) is 10.8 Å². The van der Waals surface area contributed by atoms with E-state index >= 15 is 0 Å². The highest BCUT2D eigenvalue weighted by Crippen LogP contribution is 2.64. The Labute approximate surface area is 282 Å². The van der Waals surface area contributed by atoms with Gasteiger partial charge in [0.25, 0.3) is 0 Å². The molecule has 2 aliphatic heterocycles. The molecule has 0 saturated heterocycles. The van der Waals surface area contributed by atoms with Crippen molar-refractivity contribution < 1.29 is 0 Å². The largest absolute Gasteiger partial charge is 0.118 e. The summed E-state index contributed by atoms with van der Waals surface area (Å²) in [7, 11) is 0. The summed E-state index contributed by atoms with van der Waals surface area (Å²) in [5, 5.41) is 8.21. The maximum Gasteiger partial charge on any atom is 0.0273 e. The summed E-state index contributed by atoms with van der Waals surface area (Å²) >= 11 is 4.28. The average molecular weight is 635 g/mol. The average Bonchev–Trinajstić information content (AvgIpc) is 3.45. The van der Waals surface area contributed by atoms with Gasteiger partial charge in [0, 0.05) is 30.1 Å². The molecule has 230 valence electrons. The van der Waals surface area contributed by atoms with E-state index in [1.807, 2.05) is 0 Å². The van der Waals surface area contributed by atoms with Gasteiger partial charge in [-0.3, -0.25) is 0 Å². The molecular formula is C44H42S2. The maximum absolute atomic E-state index is 2.55. The van der Waals surface area contributed by atoms with E-state index in [2.05, 4.69) is 136 Å². The Morgan fingerprint density at radius 2 is 0.783 bits per heavy atom. The molecule has 0 N–H and O–H groups in total. The molecule has 6 aromatic rings. The van der Waals surface area contributed by atoms with E-state index in [1.54, 1.807) is 11.1 Å². The van der Waals surface area contributed by atoms with Crippen molar-refractivity contribution in [1.29, 1.82) is 0 Å². The Morgan fingerprint density at radius 3 is 1.17 bits per heavy atom. The molecule has 10 rings (SSSR count). The first kappa shape index (κ1) is 28.1. The van der Waals surface area contributed by atoms with Crippen LogP contribution in [0, 0.1) is 0 Å². The van der Waals surface area contributed by atoms with Crippen molar-refractivity contribution in [1.82, 2.24) is 0 Å². The second-order valence-corrected chi connectivity index (χ2v) is 19.0. The van der Waals surface area contributed by atoms with Gasteiger partial charge in [0.2, 0.25) is 0 Å². The van der Waals surface area contributed by atoms with E-state index in [9.17, 15) is 0 Å². The first-order valence-corrected chi connectivity index (χ1v) is 19.2. The summed E-state index contributed by atoms with van der Waals surface area (Å²) in [4.78, 5) is 3.02. The van der Waals surface area contributed by atoms with Crippen molar-refractivity contribution in [3.63, 3.8) is 0 Å². The molecule has 2 heteroatoms. The van der Waals surface area contributed by atoms with Gasteiger partial charge in [-0.25, -0.2) is 0 Å². The number of hydrogen-bond donors (Lipinski definition) is 0. The number of fused-ring (bicyclic) bond motifs is 6. The minimum atomic E-state index is 0.264. The summed E-state index contributed by atoms with van der Waals surface area (Å²) in [5.41, 5.74) is 9.10. The van der Waals surface area contributed by atoms with Crippen LogP contribution in [0.1, 0.15) is 90.2 Å². The minimum absolute atomic E-state index is 0.264. The normalized spacial score (nSPS) is 30.1. The molecule has 0 amide bonds. The third kappa shape index (κ3) is 3.61. The molecule has 46 heavy (non-hydrogen) atoms. The molecule has 2 fully saturated rings. The summed E-state index contributed by atoms with van der Waals surface area (Å²) in [6, 6.07) is 33.9. The molecule has 0 bridgehead atoms. The van der Waals surface area contributed by atoms with Gasteiger partial charge < -0.3 is 0 Å². The monoisotopic (exact) mass is 634 g/mol. The summed E-state index contributed by atoms with van der Waals surface area (Å²) in [6.45, 7) is 10.1. The minimum Gasteiger partial charge on any atom is -0.118 e. The van der Waals surface area contributed by atoms with E-state index in [0.717, 1.165) is 0 Å². The Morgan fingerprint density at radius 1 is 0.413 bits per heavy atom. The lowest BCUT2D eigenvalue weighted by Crippen LogP contribution is -2.43. The van der Waals surface area contributed by atoms with Crippen LogP contribution < -0.4 is 0 Å². The molecule has 0 aromatic heterocycles. The van der Waals surface area contributed by atoms with Crippen molar-refractivity contribution in [2.24, 2.45) is 0 Å². The summed E-state index contributed by atoms with van der Waals surface area (Å²) in [5.74, 6) is 0. The van der Waals surface area contributed by atoms with Crippen LogP contribution in [0.5, 0.6) is 0 Å². The van der Waals surface area contributed by atoms with Crippen molar-refractivity contribution in [2.75, 3.05) is 0 Å². The van der Waals surface area contributed by atoms with E-state index in [-0.39, 0.29) is 10.8 Å². The fourth-order valence-corrected chi connectivity index (χ4v) is 13.6.